The smallest absolute Gasteiger partial charge is 0.287 e. The lowest BCUT2D eigenvalue weighted by Gasteiger charge is -2.12. The van der Waals surface area contributed by atoms with Crippen molar-refractivity contribution in [2.24, 2.45) is 0 Å². The highest BCUT2D eigenvalue weighted by Gasteiger charge is 2.11. The summed E-state index contributed by atoms with van der Waals surface area (Å²) in [5.74, 6) is -0.0490. The van der Waals surface area contributed by atoms with Crippen molar-refractivity contribution in [3.63, 3.8) is 0 Å². The minimum absolute atomic E-state index is 0.0490. The molecule has 7 heteroatoms. The van der Waals surface area contributed by atoms with Crippen LogP contribution in [0.15, 0.2) is 11.0 Å². The molecular formula is C13H21ClN4O2. The molecule has 6 nitrogen and oxygen atoms in total. The van der Waals surface area contributed by atoms with Crippen molar-refractivity contribution < 1.29 is 4.79 Å². The molecule has 0 aliphatic rings. The quantitative estimate of drug-likeness (QED) is 0.840. The summed E-state index contributed by atoms with van der Waals surface area (Å²) in [6.07, 6.45) is 1.81. The molecule has 0 aliphatic heterocycles. The van der Waals surface area contributed by atoms with Crippen LogP contribution in [0.25, 0.3) is 0 Å². The van der Waals surface area contributed by atoms with Gasteiger partial charge in [-0.1, -0.05) is 11.6 Å². The molecule has 0 bridgehead atoms. The lowest BCUT2D eigenvalue weighted by atomic mass is 10.3. The van der Waals surface area contributed by atoms with Gasteiger partial charge in [0.05, 0.1) is 17.9 Å². The summed E-state index contributed by atoms with van der Waals surface area (Å²) in [5, 5.41) is 9.88. The van der Waals surface area contributed by atoms with E-state index in [0.29, 0.717) is 18.7 Å². The molecule has 1 heterocycles. The molecule has 0 aromatic carbocycles. The number of nitrogens with zero attached hydrogens (tertiary/aromatic N) is 2. The Morgan fingerprint density at radius 2 is 2.05 bits per heavy atom. The highest BCUT2D eigenvalue weighted by Crippen LogP contribution is 2.16. The highest BCUT2D eigenvalue weighted by molar-refractivity contribution is 6.32. The van der Waals surface area contributed by atoms with E-state index in [1.807, 2.05) is 27.7 Å². The van der Waals surface area contributed by atoms with Gasteiger partial charge < -0.3 is 10.6 Å². The maximum absolute atomic E-state index is 11.9. The third-order valence-corrected chi connectivity index (χ3v) is 2.92. The van der Waals surface area contributed by atoms with Crippen LogP contribution in [0, 0.1) is 0 Å². The second kappa shape index (κ2) is 7.28. The minimum Gasteiger partial charge on any atom is -0.382 e. The average Bonchev–Trinajstić information content (AvgIpc) is 2.33. The first-order chi connectivity index (χ1) is 9.32. The maximum atomic E-state index is 11.9. The molecule has 0 saturated carbocycles. The molecule has 1 aromatic rings. The van der Waals surface area contributed by atoms with E-state index in [9.17, 15) is 9.59 Å². The van der Waals surface area contributed by atoms with Gasteiger partial charge in [-0.05, 0) is 27.7 Å². The zero-order valence-corrected chi connectivity index (χ0v) is 13.0. The van der Waals surface area contributed by atoms with Gasteiger partial charge in [0.1, 0.15) is 5.02 Å². The number of aromatic nitrogens is 2. The molecule has 0 unspecified atom stereocenters. The fraction of sp³-hybridized carbons (Fsp3) is 0.615. The van der Waals surface area contributed by atoms with Crippen LogP contribution < -0.4 is 16.2 Å². The number of amides is 1. The monoisotopic (exact) mass is 300 g/mol. The van der Waals surface area contributed by atoms with Crippen LogP contribution in [-0.2, 0) is 4.79 Å². The standard InChI is InChI=1S/C13H21ClN4O2/c1-8(2)17-11(19)5-6-15-10-7-16-18(9(3)4)13(20)12(10)14/h7-9,15H,5-6H2,1-4H3,(H,17,19). The van der Waals surface area contributed by atoms with Gasteiger partial charge >= 0.3 is 0 Å². The van der Waals surface area contributed by atoms with Crippen LogP contribution >= 0.6 is 11.6 Å². The van der Waals surface area contributed by atoms with E-state index < -0.39 is 0 Å². The number of carbonyl (C=O) groups excluding carboxylic acids is 1. The first-order valence-electron chi connectivity index (χ1n) is 6.63. The average molecular weight is 301 g/mol. The molecule has 0 spiro atoms. The van der Waals surface area contributed by atoms with E-state index in [0.717, 1.165) is 0 Å². The second-order valence-electron chi connectivity index (χ2n) is 5.11. The van der Waals surface area contributed by atoms with Crippen LogP contribution in [0.2, 0.25) is 5.02 Å². The molecule has 0 aliphatic carbocycles. The number of anilines is 1. The summed E-state index contributed by atoms with van der Waals surface area (Å²) in [4.78, 5) is 23.4. The zero-order chi connectivity index (χ0) is 15.3. The first-order valence-corrected chi connectivity index (χ1v) is 7.01. The Morgan fingerprint density at radius 3 is 2.60 bits per heavy atom. The van der Waals surface area contributed by atoms with Crippen molar-refractivity contribution in [3.8, 4) is 0 Å². The molecule has 1 amide bonds. The van der Waals surface area contributed by atoms with Crippen LogP contribution in [0.5, 0.6) is 0 Å². The molecular weight excluding hydrogens is 280 g/mol. The van der Waals surface area contributed by atoms with Gasteiger partial charge in [0.2, 0.25) is 5.91 Å². The summed E-state index contributed by atoms with van der Waals surface area (Å²) in [6.45, 7) is 7.91. The Labute approximate surface area is 123 Å². The number of halogens is 1. The normalized spacial score (nSPS) is 10.9. The van der Waals surface area contributed by atoms with Gasteiger partial charge in [0.25, 0.3) is 5.56 Å². The molecule has 0 fully saturated rings. The number of rotatable bonds is 6. The van der Waals surface area contributed by atoms with Crippen molar-refractivity contribution in [1.29, 1.82) is 0 Å². The van der Waals surface area contributed by atoms with Gasteiger partial charge in [-0.2, -0.15) is 5.10 Å². The lowest BCUT2D eigenvalue weighted by Crippen LogP contribution is -2.31. The lowest BCUT2D eigenvalue weighted by molar-refractivity contribution is -0.121. The van der Waals surface area contributed by atoms with Gasteiger partial charge in [-0.25, -0.2) is 4.68 Å². The number of carbonyl (C=O) groups is 1. The predicted octanol–water partition coefficient (Wildman–Crippen LogP) is 1.80. The van der Waals surface area contributed by atoms with E-state index in [4.69, 9.17) is 11.6 Å². The van der Waals surface area contributed by atoms with E-state index in [1.54, 1.807) is 0 Å². The molecule has 0 saturated heterocycles. The fourth-order valence-corrected chi connectivity index (χ4v) is 1.84. The second-order valence-corrected chi connectivity index (χ2v) is 5.49. The SMILES string of the molecule is CC(C)NC(=O)CCNc1cnn(C(C)C)c(=O)c1Cl. The van der Waals surface area contributed by atoms with Gasteiger partial charge in [0.15, 0.2) is 0 Å². The summed E-state index contributed by atoms with van der Waals surface area (Å²) >= 11 is 6.01. The minimum atomic E-state index is -0.335. The van der Waals surface area contributed by atoms with Crippen LogP contribution in [0.4, 0.5) is 5.69 Å². The summed E-state index contributed by atoms with van der Waals surface area (Å²) in [5.41, 5.74) is 0.115. The Bertz CT molecular complexity index is 526. The van der Waals surface area contributed by atoms with Crippen molar-refractivity contribution in [2.75, 3.05) is 11.9 Å². The van der Waals surface area contributed by atoms with Crippen LogP contribution in [0.1, 0.15) is 40.2 Å². The molecule has 0 atom stereocenters. The Morgan fingerprint density at radius 1 is 1.40 bits per heavy atom. The summed E-state index contributed by atoms with van der Waals surface area (Å²) in [7, 11) is 0. The number of hydrogen-bond donors (Lipinski definition) is 2. The van der Waals surface area contributed by atoms with Crippen molar-refractivity contribution in [3.05, 3.63) is 21.6 Å². The van der Waals surface area contributed by atoms with E-state index in [1.165, 1.54) is 10.9 Å². The Hall–Kier alpha value is -1.56. The van der Waals surface area contributed by atoms with Crippen LogP contribution in [0.3, 0.4) is 0 Å². The number of nitrogens with one attached hydrogen (secondary N) is 2. The topological polar surface area (TPSA) is 76.0 Å². The van der Waals surface area contributed by atoms with Crippen LogP contribution in [-0.4, -0.2) is 28.3 Å². The molecule has 1 rings (SSSR count). The molecule has 112 valence electrons. The largest absolute Gasteiger partial charge is 0.382 e. The molecule has 20 heavy (non-hydrogen) atoms. The predicted molar refractivity (Wildman–Crippen MR) is 80.3 cm³/mol. The molecule has 1 aromatic heterocycles. The zero-order valence-electron chi connectivity index (χ0n) is 12.2. The molecule has 2 N–H and O–H groups in total. The van der Waals surface area contributed by atoms with Gasteiger partial charge in [0, 0.05) is 19.0 Å². The van der Waals surface area contributed by atoms with E-state index >= 15 is 0 Å². The third kappa shape index (κ3) is 4.52. The summed E-state index contributed by atoms with van der Waals surface area (Å²) < 4.78 is 1.32. The fourth-order valence-electron chi connectivity index (χ4n) is 1.64. The maximum Gasteiger partial charge on any atom is 0.287 e. The van der Waals surface area contributed by atoms with Gasteiger partial charge in [-0.3, -0.25) is 9.59 Å². The van der Waals surface area contributed by atoms with Gasteiger partial charge in [-0.15, -0.1) is 0 Å². The van der Waals surface area contributed by atoms with E-state index in [2.05, 4.69) is 15.7 Å². The van der Waals surface area contributed by atoms with E-state index in [-0.39, 0.29) is 28.6 Å². The summed E-state index contributed by atoms with van der Waals surface area (Å²) in [6, 6.07) is 0.0635. The van der Waals surface area contributed by atoms with Crippen molar-refractivity contribution >= 4 is 23.2 Å². The Kier molecular flexibility index (Phi) is 6.01. The highest BCUT2D eigenvalue weighted by atomic mass is 35.5. The van der Waals surface area contributed by atoms with Crippen molar-refractivity contribution in [2.45, 2.75) is 46.2 Å². The third-order valence-electron chi connectivity index (χ3n) is 2.55. The Balaban J connectivity index is 2.64. The first kappa shape index (κ1) is 16.5. The number of hydrogen-bond acceptors (Lipinski definition) is 4. The van der Waals surface area contributed by atoms with Crippen molar-refractivity contribution in [1.82, 2.24) is 15.1 Å². The molecule has 0 radical (unpaired) electrons.